The zero-order chi connectivity index (χ0) is 8.91. The smallest absolute Gasteiger partial charge is 0.265 e. The highest BCUT2D eigenvalue weighted by molar-refractivity contribution is 7.85. The Morgan fingerprint density at radius 2 is 2.18 bits per heavy atom. The fourth-order valence-corrected chi connectivity index (χ4v) is 1.73. The molecule has 0 aromatic heterocycles. The van der Waals surface area contributed by atoms with E-state index in [-0.39, 0.29) is 11.7 Å². The predicted molar refractivity (Wildman–Crippen MR) is 45.0 cm³/mol. The molecule has 3 nitrogen and oxygen atoms in total. The van der Waals surface area contributed by atoms with Gasteiger partial charge in [0.05, 0.1) is 5.75 Å². The first-order chi connectivity index (χ1) is 4.95. The molecule has 0 amide bonds. The van der Waals surface area contributed by atoms with Gasteiger partial charge in [-0.15, -0.1) is 6.58 Å². The largest absolute Gasteiger partial charge is 0.286 e. The Kier molecular flexibility index (Phi) is 4.37. The van der Waals surface area contributed by atoms with Gasteiger partial charge in [-0.25, -0.2) is 0 Å². The molecule has 11 heavy (non-hydrogen) atoms. The van der Waals surface area contributed by atoms with Gasteiger partial charge in [0, 0.05) is 0 Å². The SMILES string of the molecule is C=CCCC(C)CS(=O)(=O)O. The van der Waals surface area contributed by atoms with Gasteiger partial charge in [-0.05, 0) is 18.8 Å². The van der Waals surface area contributed by atoms with E-state index in [1.807, 2.05) is 0 Å². The second-order valence-electron chi connectivity index (χ2n) is 2.72. The van der Waals surface area contributed by atoms with E-state index in [1.54, 1.807) is 13.0 Å². The lowest BCUT2D eigenvalue weighted by Crippen LogP contribution is -2.12. The molecule has 0 aliphatic carbocycles. The van der Waals surface area contributed by atoms with Crippen molar-refractivity contribution in [1.82, 2.24) is 0 Å². The second-order valence-corrected chi connectivity index (χ2v) is 4.22. The normalized spacial score (nSPS) is 14.4. The van der Waals surface area contributed by atoms with Gasteiger partial charge in [0.15, 0.2) is 0 Å². The summed E-state index contributed by atoms with van der Waals surface area (Å²) in [7, 11) is -3.79. The zero-order valence-corrected chi connectivity index (χ0v) is 7.47. The fraction of sp³-hybridized carbons (Fsp3) is 0.714. The van der Waals surface area contributed by atoms with Gasteiger partial charge in [0.25, 0.3) is 10.1 Å². The Morgan fingerprint density at radius 3 is 2.55 bits per heavy atom. The van der Waals surface area contributed by atoms with Gasteiger partial charge in [0.1, 0.15) is 0 Å². The molecule has 0 saturated heterocycles. The van der Waals surface area contributed by atoms with E-state index in [4.69, 9.17) is 4.55 Å². The van der Waals surface area contributed by atoms with E-state index >= 15 is 0 Å². The minimum absolute atomic E-state index is 0.00278. The van der Waals surface area contributed by atoms with Gasteiger partial charge in [-0.3, -0.25) is 4.55 Å². The number of hydrogen-bond donors (Lipinski definition) is 1. The van der Waals surface area contributed by atoms with E-state index in [2.05, 4.69) is 6.58 Å². The van der Waals surface area contributed by atoms with E-state index < -0.39 is 10.1 Å². The van der Waals surface area contributed by atoms with Crippen molar-refractivity contribution in [2.24, 2.45) is 5.92 Å². The van der Waals surface area contributed by atoms with Gasteiger partial charge in [-0.2, -0.15) is 8.42 Å². The number of allylic oxidation sites excluding steroid dienone is 1. The van der Waals surface area contributed by atoms with E-state index in [0.717, 1.165) is 12.8 Å². The highest BCUT2D eigenvalue weighted by atomic mass is 32.2. The van der Waals surface area contributed by atoms with E-state index in [0.29, 0.717) is 0 Å². The summed E-state index contributed by atoms with van der Waals surface area (Å²) in [6, 6.07) is 0. The van der Waals surface area contributed by atoms with Crippen LogP contribution in [-0.4, -0.2) is 18.7 Å². The monoisotopic (exact) mass is 178 g/mol. The van der Waals surface area contributed by atoms with Crippen molar-refractivity contribution >= 4 is 10.1 Å². The Hall–Kier alpha value is -0.350. The molecule has 0 radical (unpaired) electrons. The molecule has 0 aromatic carbocycles. The average Bonchev–Trinajstić information content (AvgIpc) is 1.79. The third-order valence-corrected chi connectivity index (χ3v) is 2.35. The molecule has 66 valence electrons. The standard InChI is InChI=1S/C7H14O3S/c1-3-4-5-7(2)6-11(8,9)10/h3,7H,1,4-6H2,2H3,(H,8,9,10). The molecule has 1 N–H and O–H groups in total. The lowest BCUT2D eigenvalue weighted by atomic mass is 10.1. The van der Waals surface area contributed by atoms with Crippen LogP contribution in [0.3, 0.4) is 0 Å². The third-order valence-electron chi connectivity index (χ3n) is 1.36. The first-order valence-electron chi connectivity index (χ1n) is 3.51. The molecule has 0 saturated carbocycles. The van der Waals surface area contributed by atoms with Crippen LogP contribution in [0.25, 0.3) is 0 Å². The highest BCUT2D eigenvalue weighted by Gasteiger charge is 2.10. The van der Waals surface area contributed by atoms with Crippen molar-refractivity contribution in [3.63, 3.8) is 0 Å². The van der Waals surface area contributed by atoms with Crippen LogP contribution < -0.4 is 0 Å². The summed E-state index contributed by atoms with van der Waals surface area (Å²) >= 11 is 0. The molecule has 0 rings (SSSR count). The molecule has 0 aliphatic rings. The summed E-state index contributed by atoms with van der Waals surface area (Å²) in [5.74, 6) is -0.149. The average molecular weight is 178 g/mol. The second kappa shape index (κ2) is 4.51. The molecule has 4 heteroatoms. The number of hydrogen-bond acceptors (Lipinski definition) is 2. The van der Waals surface area contributed by atoms with Crippen molar-refractivity contribution in [2.75, 3.05) is 5.75 Å². The molecule has 0 aliphatic heterocycles. The summed E-state index contributed by atoms with van der Waals surface area (Å²) in [4.78, 5) is 0. The van der Waals surface area contributed by atoms with Crippen LogP contribution in [0, 0.1) is 5.92 Å². The minimum Gasteiger partial charge on any atom is -0.286 e. The summed E-state index contributed by atoms with van der Waals surface area (Å²) in [6.45, 7) is 5.31. The lowest BCUT2D eigenvalue weighted by Gasteiger charge is -2.05. The highest BCUT2D eigenvalue weighted by Crippen LogP contribution is 2.07. The predicted octanol–water partition coefficient (Wildman–Crippen LogP) is 1.48. The topological polar surface area (TPSA) is 54.4 Å². The molecule has 0 fully saturated rings. The first kappa shape index (κ1) is 10.7. The molecular weight excluding hydrogens is 164 g/mol. The van der Waals surface area contributed by atoms with Gasteiger partial charge in [0.2, 0.25) is 0 Å². The minimum atomic E-state index is -3.79. The summed E-state index contributed by atoms with van der Waals surface area (Å²) in [5, 5.41) is 0. The fourth-order valence-electron chi connectivity index (χ4n) is 0.845. The Labute approximate surface area is 67.9 Å². The zero-order valence-electron chi connectivity index (χ0n) is 6.66. The van der Waals surface area contributed by atoms with Crippen molar-refractivity contribution in [2.45, 2.75) is 19.8 Å². The van der Waals surface area contributed by atoms with Crippen molar-refractivity contribution in [3.8, 4) is 0 Å². The van der Waals surface area contributed by atoms with Crippen molar-refractivity contribution in [3.05, 3.63) is 12.7 Å². The van der Waals surface area contributed by atoms with Crippen LogP contribution in [0.15, 0.2) is 12.7 Å². The van der Waals surface area contributed by atoms with Crippen LogP contribution >= 0.6 is 0 Å². The van der Waals surface area contributed by atoms with E-state index in [9.17, 15) is 8.42 Å². The van der Waals surface area contributed by atoms with Crippen molar-refractivity contribution in [1.29, 1.82) is 0 Å². The molecule has 0 aromatic rings. The van der Waals surface area contributed by atoms with Crippen molar-refractivity contribution < 1.29 is 13.0 Å². The summed E-state index contributed by atoms with van der Waals surface area (Å²) in [6.07, 6.45) is 3.28. The number of rotatable bonds is 5. The maximum Gasteiger partial charge on any atom is 0.265 e. The molecular formula is C7H14O3S. The maximum atomic E-state index is 10.3. The summed E-state index contributed by atoms with van der Waals surface area (Å²) in [5.41, 5.74) is 0. The van der Waals surface area contributed by atoms with Crippen LogP contribution in [0.5, 0.6) is 0 Å². The molecule has 0 heterocycles. The maximum absolute atomic E-state index is 10.3. The first-order valence-corrected chi connectivity index (χ1v) is 5.12. The van der Waals surface area contributed by atoms with Crippen LogP contribution in [0.2, 0.25) is 0 Å². The van der Waals surface area contributed by atoms with Gasteiger partial charge in [-0.1, -0.05) is 13.0 Å². The van der Waals surface area contributed by atoms with Crippen LogP contribution in [0.4, 0.5) is 0 Å². The lowest BCUT2D eigenvalue weighted by molar-refractivity contribution is 0.464. The molecule has 1 unspecified atom stereocenters. The molecule has 0 spiro atoms. The van der Waals surface area contributed by atoms with E-state index in [1.165, 1.54) is 0 Å². The quantitative estimate of drug-likeness (QED) is 0.512. The van der Waals surface area contributed by atoms with Crippen LogP contribution in [-0.2, 0) is 10.1 Å². The molecule has 1 atom stereocenters. The Balaban J connectivity index is 3.69. The van der Waals surface area contributed by atoms with Crippen LogP contribution in [0.1, 0.15) is 19.8 Å². The van der Waals surface area contributed by atoms with Gasteiger partial charge < -0.3 is 0 Å². The Bertz CT molecular complexity index is 206. The Morgan fingerprint density at radius 1 is 1.64 bits per heavy atom. The van der Waals surface area contributed by atoms with Gasteiger partial charge >= 0.3 is 0 Å². The molecule has 0 bridgehead atoms. The third kappa shape index (κ3) is 7.55. The summed E-state index contributed by atoms with van der Waals surface area (Å²) < 4.78 is 29.1.